The van der Waals surface area contributed by atoms with Gasteiger partial charge in [0.1, 0.15) is 18.0 Å². The number of hydrogen-bond donors (Lipinski definition) is 3. The lowest BCUT2D eigenvalue weighted by Crippen LogP contribution is -2.09. The average molecular weight is 270 g/mol. The predicted molar refractivity (Wildman–Crippen MR) is 69.6 cm³/mol. The summed E-state index contributed by atoms with van der Waals surface area (Å²) < 4.78 is 0. The zero-order chi connectivity index (χ0) is 12.3. The molecule has 0 amide bonds. The SMILES string of the molecule is NNc1cc(Nc2ccc(Cl)cc2Cl)ncn1. The van der Waals surface area contributed by atoms with E-state index in [0.29, 0.717) is 27.4 Å². The minimum atomic E-state index is 0.507. The first kappa shape index (κ1) is 11.9. The Bertz CT molecular complexity index is 532. The summed E-state index contributed by atoms with van der Waals surface area (Å²) in [6.07, 6.45) is 1.39. The highest BCUT2D eigenvalue weighted by Gasteiger charge is 2.03. The quantitative estimate of drug-likeness (QED) is 0.590. The van der Waals surface area contributed by atoms with Gasteiger partial charge in [0.05, 0.1) is 10.7 Å². The van der Waals surface area contributed by atoms with Crippen molar-refractivity contribution < 1.29 is 0 Å². The fourth-order valence-electron chi connectivity index (χ4n) is 1.23. The minimum Gasteiger partial charge on any atom is -0.339 e. The average Bonchev–Trinajstić information content (AvgIpc) is 2.33. The molecule has 0 spiro atoms. The topological polar surface area (TPSA) is 75.9 Å². The van der Waals surface area contributed by atoms with Gasteiger partial charge in [-0.2, -0.15) is 0 Å². The maximum Gasteiger partial charge on any atom is 0.145 e. The number of nitrogens with one attached hydrogen (secondary N) is 2. The lowest BCUT2D eigenvalue weighted by atomic mass is 10.3. The molecule has 88 valence electrons. The number of hydrogen-bond acceptors (Lipinski definition) is 5. The van der Waals surface area contributed by atoms with E-state index in [4.69, 9.17) is 29.0 Å². The number of aromatic nitrogens is 2. The molecule has 0 fully saturated rings. The van der Waals surface area contributed by atoms with E-state index >= 15 is 0 Å². The van der Waals surface area contributed by atoms with E-state index in [1.807, 2.05) is 0 Å². The van der Waals surface area contributed by atoms with Crippen LogP contribution in [0.3, 0.4) is 0 Å². The normalized spacial score (nSPS) is 10.1. The number of halogens is 2. The molecule has 0 saturated carbocycles. The van der Waals surface area contributed by atoms with Crippen LogP contribution in [0.4, 0.5) is 17.3 Å². The second kappa shape index (κ2) is 5.18. The molecule has 1 aromatic carbocycles. The summed E-state index contributed by atoms with van der Waals surface area (Å²) in [4.78, 5) is 7.93. The van der Waals surface area contributed by atoms with Crippen molar-refractivity contribution in [2.75, 3.05) is 10.7 Å². The molecule has 0 aliphatic carbocycles. The van der Waals surface area contributed by atoms with Crippen molar-refractivity contribution in [3.63, 3.8) is 0 Å². The lowest BCUT2D eigenvalue weighted by molar-refractivity contribution is 1.14. The Labute approximate surface area is 108 Å². The van der Waals surface area contributed by atoms with Crippen LogP contribution >= 0.6 is 23.2 Å². The summed E-state index contributed by atoms with van der Waals surface area (Å²) in [6, 6.07) is 6.81. The highest BCUT2D eigenvalue weighted by Crippen LogP contribution is 2.27. The molecule has 0 atom stereocenters. The van der Waals surface area contributed by atoms with E-state index in [2.05, 4.69) is 20.7 Å². The molecular formula is C10H9Cl2N5. The van der Waals surface area contributed by atoms with E-state index in [0.717, 1.165) is 0 Å². The number of nitrogens with two attached hydrogens (primary N) is 1. The maximum absolute atomic E-state index is 6.02. The molecule has 0 unspecified atom stereocenters. The Morgan fingerprint density at radius 1 is 1.06 bits per heavy atom. The molecule has 0 radical (unpaired) electrons. The number of hydrazine groups is 1. The number of rotatable bonds is 3. The number of nitrogens with zero attached hydrogens (tertiary/aromatic N) is 2. The number of anilines is 3. The van der Waals surface area contributed by atoms with Crippen LogP contribution in [0.15, 0.2) is 30.6 Å². The fraction of sp³-hybridized carbons (Fsp3) is 0. The van der Waals surface area contributed by atoms with Crippen LogP contribution in [0.25, 0.3) is 0 Å². The summed E-state index contributed by atoms with van der Waals surface area (Å²) >= 11 is 11.8. The molecule has 1 heterocycles. The third-order valence-corrected chi connectivity index (χ3v) is 2.56. The van der Waals surface area contributed by atoms with Gasteiger partial charge >= 0.3 is 0 Å². The Balaban J connectivity index is 2.25. The van der Waals surface area contributed by atoms with Gasteiger partial charge in [0.2, 0.25) is 0 Å². The van der Waals surface area contributed by atoms with Gasteiger partial charge in [0.25, 0.3) is 0 Å². The van der Waals surface area contributed by atoms with Gasteiger partial charge in [-0.15, -0.1) is 0 Å². The first-order chi connectivity index (χ1) is 8.19. The molecule has 0 bridgehead atoms. The van der Waals surface area contributed by atoms with Crippen LogP contribution < -0.4 is 16.6 Å². The van der Waals surface area contributed by atoms with Crippen molar-refractivity contribution in [1.29, 1.82) is 0 Å². The van der Waals surface area contributed by atoms with Gasteiger partial charge in [-0.25, -0.2) is 15.8 Å². The summed E-state index contributed by atoms with van der Waals surface area (Å²) in [5, 5.41) is 4.13. The van der Waals surface area contributed by atoms with Crippen LogP contribution in [0.5, 0.6) is 0 Å². The molecule has 17 heavy (non-hydrogen) atoms. The molecule has 5 nitrogen and oxygen atoms in total. The van der Waals surface area contributed by atoms with Crippen LogP contribution in [-0.4, -0.2) is 9.97 Å². The van der Waals surface area contributed by atoms with E-state index in [-0.39, 0.29) is 0 Å². The fourth-order valence-corrected chi connectivity index (χ4v) is 1.69. The van der Waals surface area contributed by atoms with Gasteiger partial charge in [-0.3, -0.25) is 0 Å². The predicted octanol–water partition coefficient (Wildman–Crippen LogP) is 2.81. The summed E-state index contributed by atoms with van der Waals surface area (Å²) in [7, 11) is 0. The largest absolute Gasteiger partial charge is 0.339 e. The van der Waals surface area contributed by atoms with Gasteiger partial charge in [-0.05, 0) is 18.2 Å². The molecule has 4 N–H and O–H groups in total. The molecule has 0 saturated heterocycles. The van der Waals surface area contributed by atoms with E-state index in [9.17, 15) is 0 Å². The molecule has 7 heteroatoms. The van der Waals surface area contributed by atoms with Crippen molar-refractivity contribution in [3.05, 3.63) is 40.6 Å². The minimum absolute atomic E-state index is 0.507. The Morgan fingerprint density at radius 3 is 2.53 bits per heavy atom. The smallest absolute Gasteiger partial charge is 0.145 e. The molecule has 0 aliphatic heterocycles. The second-order valence-electron chi connectivity index (χ2n) is 3.18. The maximum atomic E-state index is 6.02. The third kappa shape index (κ3) is 2.97. The molecule has 2 aromatic rings. The van der Waals surface area contributed by atoms with Crippen molar-refractivity contribution in [3.8, 4) is 0 Å². The third-order valence-electron chi connectivity index (χ3n) is 2.01. The van der Waals surface area contributed by atoms with Crippen molar-refractivity contribution in [2.24, 2.45) is 5.84 Å². The Kier molecular flexibility index (Phi) is 3.63. The second-order valence-corrected chi connectivity index (χ2v) is 4.03. The summed E-state index contributed by atoms with van der Waals surface area (Å²) in [6.45, 7) is 0. The number of nitrogen functional groups attached to an aromatic ring is 1. The molecule has 1 aromatic heterocycles. The van der Waals surface area contributed by atoms with Crippen LogP contribution in [0.2, 0.25) is 10.0 Å². The molecule has 2 rings (SSSR count). The monoisotopic (exact) mass is 269 g/mol. The summed E-state index contributed by atoms with van der Waals surface area (Å²) in [5.41, 5.74) is 3.14. The Morgan fingerprint density at radius 2 is 1.82 bits per heavy atom. The lowest BCUT2D eigenvalue weighted by Gasteiger charge is -2.08. The van der Waals surface area contributed by atoms with Crippen molar-refractivity contribution in [1.82, 2.24) is 9.97 Å². The molecule has 0 aliphatic rings. The van der Waals surface area contributed by atoms with E-state index in [1.54, 1.807) is 24.3 Å². The van der Waals surface area contributed by atoms with Crippen molar-refractivity contribution >= 4 is 40.5 Å². The van der Waals surface area contributed by atoms with Gasteiger partial charge in [-0.1, -0.05) is 23.2 Å². The Hall–Kier alpha value is -1.56. The van der Waals surface area contributed by atoms with Crippen LogP contribution in [0, 0.1) is 0 Å². The van der Waals surface area contributed by atoms with Gasteiger partial charge < -0.3 is 10.7 Å². The zero-order valence-corrected chi connectivity index (χ0v) is 10.1. The van der Waals surface area contributed by atoms with Crippen LogP contribution in [0.1, 0.15) is 0 Å². The van der Waals surface area contributed by atoms with E-state index < -0.39 is 0 Å². The van der Waals surface area contributed by atoms with Gasteiger partial charge in [0.15, 0.2) is 0 Å². The van der Waals surface area contributed by atoms with E-state index in [1.165, 1.54) is 6.33 Å². The molecular weight excluding hydrogens is 261 g/mol. The number of benzene rings is 1. The highest BCUT2D eigenvalue weighted by atomic mass is 35.5. The van der Waals surface area contributed by atoms with Crippen LogP contribution in [-0.2, 0) is 0 Å². The highest BCUT2D eigenvalue weighted by molar-refractivity contribution is 6.36. The standard InChI is InChI=1S/C10H9Cl2N5/c11-6-1-2-8(7(12)3-6)16-9-4-10(17-13)15-5-14-9/h1-5H,13H2,(H2,14,15,16,17). The zero-order valence-electron chi connectivity index (χ0n) is 8.61. The van der Waals surface area contributed by atoms with Crippen molar-refractivity contribution in [2.45, 2.75) is 0 Å². The van der Waals surface area contributed by atoms with Gasteiger partial charge in [0, 0.05) is 11.1 Å². The first-order valence-corrected chi connectivity index (χ1v) is 5.45. The first-order valence-electron chi connectivity index (χ1n) is 4.70. The summed E-state index contributed by atoms with van der Waals surface area (Å²) in [5.74, 6) is 6.34.